The zero-order chi connectivity index (χ0) is 17.1. The fourth-order valence-electron chi connectivity index (χ4n) is 3.77. The predicted octanol–water partition coefficient (Wildman–Crippen LogP) is 2.42. The molecule has 1 aromatic carbocycles. The maximum atomic E-state index is 12.9. The number of H-pyrrole nitrogens is 1. The van der Waals surface area contributed by atoms with E-state index in [1.165, 1.54) is 11.8 Å². The third kappa shape index (κ3) is 2.23. The maximum Gasteiger partial charge on any atom is 0.263 e. The molecule has 0 unspecified atom stereocenters. The fourth-order valence-corrected chi connectivity index (χ4v) is 4.88. The summed E-state index contributed by atoms with van der Waals surface area (Å²) < 4.78 is 1.65. The quantitative estimate of drug-likeness (QED) is 0.570. The highest BCUT2D eigenvalue weighted by atomic mass is 35.5. The van der Waals surface area contributed by atoms with Crippen LogP contribution < -0.4 is 10.9 Å². The zero-order valence-corrected chi connectivity index (χ0v) is 14.7. The third-order valence-electron chi connectivity index (χ3n) is 4.90. The van der Waals surface area contributed by atoms with Gasteiger partial charge in [0.25, 0.3) is 5.56 Å². The van der Waals surface area contributed by atoms with Crippen LogP contribution in [0, 0.1) is 0 Å². The van der Waals surface area contributed by atoms with Gasteiger partial charge in [-0.25, -0.2) is 0 Å². The molecular weight excluding hydrogens is 360 g/mol. The van der Waals surface area contributed by atoms with E-state index in [0.717, 1.165) is 34.3 Å². The highest BCUT2D eigenvalue weighted by Crippen LogP contribution is 2.36. The molecular formula is C17H15ClN4O2S. The number of halogens is 1. The van der Waals surface area contributed by atoms with Gasteiger partial charge in [-0.2, -0.15) is 4.98 Å². The second-order valence-electron chi connectivity index (χ2n) is 6.28. The minimum absolute atomic E-state index is 0.172. The van der Waals surface area contributed by atoms with Gasteiger partial charge in [0, 0.05) is 40.5 Å². The predicted molar refractivity (Wildman–Crippen MR) is 97.7 cm³/mol. The molecule has 0 bridgehead atoms. The molecule has 2 aliphatic heterocycles. The van der Waals surface area contributed by atoms with Crippen LogP contribution in [0.5, 0.6) is 5.88 Å². The van der Waals surface area contributed by atoms with Gasteiger partial charge < -0.3 is 15.4 Å². The van der Waals surface area contributed by atoms with Crippen molar-refractivity contribution in [3.8, 4) is 5.88 Å². The van der Waals surface area contributed by atoms with Crippen molar-refractivity contribution in [2.75, 3.05) is 12.3 Å². The summed E-state index contributed by atoms with van der Waals surface area (Å²) in [6.45, 7) is 1.34. The first kappa shape index (κ1) is 15.3. The molecule has 0 spiro atoms. The van der Waals surface area contributed by atoms with E-state index in [1.807, 2.05) is 18.2 Å². The monoisotopic (exact) mass is 374 g/mol. The number of hydrogen-bond donors (Lipinski definition) is 3. The van der Waals surface area contributed by atoms with Crippen molar-refractivity contribution < 1.29 is 5.11 Å². The Morgan fingerprint density at radius 3 is 3.16 bits per heavy atom. The summed E-state index contributed by atoms with van der Waals surface area (Å²) in [6.07, 6.45) is 0.836. The summed E-state index contributed by atoms with van der Waals surface area (Å²) in [6, 6.07) is 5.32. The van der Waals surface area contributed by atoms with Crippen molar-refractivity contribution in [2.24, 2.45) is 0 Å². The summed E-state index contributed by atoms with van der Waals surface area (Å²) in [5, 5.41) is 16.1. The van der Waals surface area contributed by atoms with Crippen molar-refractivity contribution >= 4 is 34.3 Å². The molecule has 0 radical (unpaired) electrons. The summed E-state index contributed by atoms with van der Waals surface area (Å²) in [4.78, 5) is 20.6. The molecule has 0 fully saturated rings. The van der Waals surface area contributed by atoms with Gasteiger partial charge in [0.1, 0.15) is 5.56 Å². The van der Waals surface area contributed by atoms with E-state index in [9.17, 15) is 9.90 Å². The molecule has 8 heteroatoms. The number of thioether (sulfide) groups is 1. The number of aromatic hydroxyl groups is 1. The van der Waals surface area contributed by atoms with Crippen LogP contribution in [0.25, 0.3) is 10.9 Å². The topological polar surface area (TPSA) is 82.9 Å². The molecule has 2 aliphatic rings. The van der Waals surface area contributed by atoms with Crippen LogP contribution in [0.15, 0.2) is 28.2 Å². The molecule has 25 heavy (non-hydrogen) atoms. The molecule has 2 aromatic heterocycles. The van der Waals surface area contributed by atoms with Crippen LogP contribution in [0.4, 0.5) is 0 Å². The molecule has 0 amide bonds. The van der Waals surface area contributed by atoms with Gasteiger partial charge >= 0.3 is 0 Å². The Morgan fingerprint density at radius 1 is 1.40 bits per heavy atom. The summed E-state index contributed by atoms with van der Waals surface area (Å²) in [5.74, 6) is 0.618. The Hall–Kier alpha value is -1.96. The van der Waals surface area contributed by atoms with Crippen LogP contribution in [-0.2, 0) is 13.0 Å². The zero-order valence-electron chi connectivity index (χ0n) is 13.2. The second-order valence-corrected chi connectivity index (χ2v) is 7.78. The van der Waals surface area contributed by atoms with Gasteiger partial charge in [0.15, 0.2) is 5.16 Å². The number of aromatic amines is 1. The molecule has 0 saturated heterocycles. The lowest BCUT2D eigenvalue weighted by Gasteiger charge is -2.25. The highest BCUT2D eigenvalue weighted by molar-refractivity contribution is 7.99. The number of benzene rings is 1. The minimum Gasteiger partial charge on any atom is -0.493 e. The first-order valence-corrected chi connectivity index (χ1v) is 9.49. The van der Waals surface area contributed by atoms with Gasteiger partial charge in [-0.05, 0) is 30.2 Å². The Morgan fingerprint density at radius 2 is 2.28 bits per heavy atom. The maximum absolute atomic E-state index is 12.9. The molecule has 1 atom stereocenters. The molecule has 128 valence electrons. The van der Waals surface area contributed by atoms with Gasteiger partial charge in [0.05, 0.1) is 6.04 Å². The van der Waals surface area contributed by atoms with E-state index in [0.29, 0.717) is 28.8 Å². The number of fused-ring (bicyclic) bond motifs is 4. The number of nitrogens with one attached hydrogen (secondary N) is 2. The second kappa shape index (κ2) is 5.52. The number of aromatic nitrogens is 3. The first-order valence-electron chi connectivity index (χ1n) is 8.13. The third-order valence-corrected chi connectivity index (χ3v) is 6.09. The Labute approximate surface area is 152 Å². The first-order chi connectivity index (χ1) is 12.1. The lowest BCUT2D eigenvalue weighted by Crippen LogP contribution is -2.36. The van der Waals surface area contributed by atoms with Crippen LogP contribution >= 0.6 is 23.4 Å². The molecule has 3 N–H and O–H groups in total. The van der Waals surface area contributed by atoms with Gasteiger partial charge in [-0.3, -0.25) is 9.36 Å². The molecule has 4 heterocycles. The Kier molecular flexibility index (Phi) is 3.38. The van der Waals surface area contributed by atoms with Crippen molar-refractivity contribution in [3.63, 3.8) is 0 Å². The van der Waals surface area contributed by atoms with E-state index in [1.54, 1.807) is 4.57 Å². The lowest BCUT2D eigenvalue weighted by molar-refractivity contribution is 0.412. The fraction of sp³-hybridized carbons (Fsp3) is 0.294. The van der Waals surface area contributed by atoms with Gasteiger partial charge in [0.2, 0.25) is 5.88 Å². The van der Waals surface area contributed by atoms with E-state index >= 15 is 0 Å². The van der Waals surface area contributed by atoms with E-state index in [2.05, 4.69) is 15.3 Å². The number of rotatable bonds is 1. The minimum atomic E-state index is -0.404. The molecule has 5 rings (SSSR count). The van der Waals surface area contributed by atoms with Crippen molar-refractivity contribution in [2.45, 2.75) is 24.2 Å². The summed E-state index contributed by atoms with van der Waals surface area (Å²) in [5.41, 5.74) is 3.16. The van der Waals surface area contributed by atoms with E-state index in [-0.39, 0.29) is 11.4 Å². The van der Waals surface area contributed by atoms with Crippen LogP contribution in [0.1, 0.15) is 22.9 Å². The number of nitrogens with zero attached hydrogens (tertiary/aromatic N) is 2. The Balaban J connectivity index is 1.74. The largest absolute Gasteiger partial charge is 0.493 e. The van der Waals surface area contributed by atoms with Crippen molar-refractivity contribution in [1.82, 2.24) is 19.9 Å². The molecule has 6 nitrogen and oxygen atoms in total. The molecule has 0 saturated carbocycles. The van der Waals surface area contributed by atoms with E-state index < -0.39 is 6.04 Å². The normalized spacial score (nSPS) is 19.2. The van der Waals surface area contributed by atoms with Gasteiger partial charge in [-0.1, -0.05) is 23.4 Å². The van der Waals surface area contributed by atoms with E-state index in [4.69, 9.17) is 11.6 Å². The lowest BCUT2D eigenvalue weighted by atomic mass is 9.95. The Bertz CT molecular complexity index is 1070. The summed E-state index contributed by atoms with van der Waals surface area (Å²) in [7, 11) is 0. The van der Waals surface area contributed by atoms with Crippen LogP contribution in [0.2, 0.25) is 5.02 Å². The summed E-state index contributed by atoms with van der Waals surface area (Å²) >= 11 is 7.64. The average Bonchev–Trinajstić information content (AvgIpc) is 3.19. The van der Waals surface area contributed by atoms with Crippen LogP contribution in [-0.4, -0.2) is 31.9 Å². The van der Waals surface area contributed by atoms with Gasteiger partial charge in [-0.15, -0.1) is 0 Å². The van der Waals surface area contributed by atoms with Crippen molar-refractivity contribution in [3.05, 3.63) is 50.4 Å². The average molecular weight is 375 g/mol. The standard InChI is InChI=1S/C17H15ClN4O2S/c18-8-1-2-11-10(7-8)9-3-4-19-14(13(9)20-11)12-15(23)21-17-22(16(12)24)5-6-25-17/h1-2,7,14,19-20,23H,3-6H2/t14-/m1/s1. The highest BCUT2D eigenvalue weighted by Gasteiger charge is 2.32. The SMILES string of the molecule is O=c1c([C@H]2NCCc3c2[nH]c2ccc(Cl)cc32)c(O)nc2n1CCS2. The molecule has 3 aromatic rings. The smallest absolute Gasteiger partial charge is 0.263 e. The number of hydrogen-bond acceptors (Lipinski definition) is 5. The molecule has 0 aliphatic carbocycles. The van der Waals surface area contributed by atoms with Crippen LogP contribution in [0.3, 0.4) is 0 Å². The van der Waals surface area contributed by atoms with Crippen molar-refractivity contribution in [1.29, 1.82) is 0 Å².